The van der Waals surface area contributed by atoms with Gasteiger partial charge in [0.15, 0.2) is 0 Å². The molecular formula is C25H26Cl2N2O3S. The van der Waals surface area contributed by atoms with Gasteiger partial charge in [0.25, 0.3) is 0 Å². The van der Waals surface area contributed by atoms with E-state index in [1.54, 1.807) is 12.2 Å². The summed E-state index contributed by atoms with van der Waals surface area (Å²) in [6, 6.07) is 12.0. The van der Waals surface area contributed by atoms with Crippen LogP contribution in [-0.4, -0.2) is 48.1 Å². The Balaban J connectivity index is 1.44. The summed E-state index contributed by atoms with van der Waals surface area (Å²) in [5.41, 5.74) is 1.79. The van der Waals surface area contributed by atoms with Gasteiger partial charge in [0.05, 0.1) is 16.0 Å². The Morgan fingerprint density at radius 2 is 1.73 bits per heavy atom. The Morgan fingerprint density at radius 3 is 2.42 bits per heavy atom. The van der Waals surface area contributed by atoms with Crippen molar-refractivity contribution in [3.05, 3.63) is 58.1 Å². The first-order valence-electron chi connectivity index (χ1n) is 11.1. The second-order valence-corrected chi connectivity index (χ2v) is 10.2. The molecule has 0 spiro atoms. The number of nitrogens with zero attached hydrogens (tertiary/aromatic N) is 2. The van der Waals surface area contributed by atoms with Gasteiger partial charge in [-0.15, -0.1) is 0 Å². The Labute approximate surface area is 208 Å². The number of halogens is 2. The van der Waals surface area contributed by atoms with Crippen molar-refractivity contribution in [1.82, 2.24) is 4.90 Å². The number of carboxylic acids is 1. The van der Waals surface area contributed by atoms with E-state index >= 15 is 0 Å². The van der Waals surface area contributed by atoms with E-state index in [-0.39, 0.29) is 11.8 Å². The smallest absolute Gasteiger partial charge is 0.306 e. The molecule has 0 bridgehead atoms. The molecule has 174 valence electrons. The first kappa shape index (κ1) is 24.0. The van der Waals surface area contributed by atoms with Crippen molar-refractivity contribution in [1.29, 1.82) is 0 Å². The lowest BCUT2D eigenvalue weighted by Crippen LogP contribution is -2.36. The van der Waals surface area contributed by atoms with Crippen molar-refractivity contribution < 1.29 is 14.7 Å². The topological polar surface area (TPSA) is 60.9 Å². The van der Waals surface area contributed by atoms with Gasteiger partial charge < -0.3 is 14.9 Å². The van der Waals surface area contributed by atoms with Crippen LogP contribution in [-0.2, 0) is 9.59 Å². The van der Waals surface area contributed by atoms with E-state index in [9.17, 15) is 14.7 Å². The highest BCUT2D eigenvalue weighted by molar-refractivity contribution is 7.99. The van der Waals surface area contributed by atoms with Crippen LogP contribution in [0.3, 0.4) is 0 Å². The summed E-state index contributed by atoms with van der Waals surface area (Å²) in [7, 11) is 0. The minimum Gasteiger partial charge on any atom is -0.481 e. The molecule has 5 nitrogen and oxygen atoms in total. The maximum Gasteiger partial charge on any atom is 0.306 e. The second-order valence-electron chi connectivity index (χ2n) is 8.35. The third-order valence-electron chi connectivity index (χ3n) is 6.15. The largest absolute Gasteiger partial charge is 0.481 e. The highest BCUT2D eigenvalue weighted by Crippen LogP contribution is 2.40. The molecule has 0 atom stereocenters. The van der Waals surface area contributed by atoms with Crippen molar-refractivity contribution in [2.75, 3.05) is 31.1 Å². The third-order valence-corrected chi connectivity index (χ3v) is 8.21. The SMILES string of the molecule is O=C(O)C1CCN(c2cccc(Sc3ccc(C=CC(=O)N4CCCC4)c(Cl)c3Cl)c2)CC1. The molecule has 2 aliphatic rings. The van der Waals surface area contributed by atoms with Crippen molar-refractivity contribution in [2.45, 2.75) is 35.5 Å². The van der Waals surface area contributed by atoms with Gasteiger partial charge in [-0.1, -0.05) is 47.1 Å². The van der Waals surface area contributed by atoms with E-state index in [0.29, 0.717) is 28.5 Å². The average molecular weight is 505 g/mol. The standard InChI is InChI=1S/C25H26Cl2N2O3S/c26-23-17(7-9-22(30)29-12-1-2-13-29)6-8-21(24(23)27)33-20-5-3-4-19(16-20)28-14-10-18(11-15-28)25(31)32/h3-9,16,18H,1-2,10-15H2,(H,31,32). The second kappa shape index (κ2) is 10.9. The molecule has 2 aliphatic heterocycles. The Hall–Kier alpha value is -2.15. The number of likely N-dealkylation sites (tertiary alicyclic amines) is 1. The molecule has 0 saturated carbocycles. The van der Waals surface area contributed by atoms with E-state index in [1.807, 2.05) is 35.2 Å². The van der Waals surface area contributed by atoms with Crippen LogP contribution in [0.15, 0.2) is 52.3 Å². The molecule has 0 aliphatic carbocycles. The van der Waals surface area contributed by atoms with Gasteiger partial charge in [-0.25, -0.2) is 0 Å². The summed E-state index contributed by atoms with van der Waals surface area (Å²) in [6.45, 7) is 3.08. The number of amides is 1. The third kappa shape index (κ3) is 5.86. The molecule has 0 aromatic heterocycles. The van der Waals surface area contributed by atoms with Crippen molar-refractivity contribution in [2.24, 2.45) is 5.92 Å². The number of rotatable bonds is 6. The lowest BCUT2D eigenvalue weighted by Gasteiger charge is -2.32. The Bertz CT molecular complexity index is 1060. The van der Waals surface area contributed by atoms with Crippen LogP contribution < -0.4 is 4.90 Å². The Morgan fingerprint density at radius 1 is 1.00 bits per heavy atom. The van der Waals surface area contributed by atoms with E-state index in [1.165, 1.54) is 11.8 Å². The molecule has 2 heterocycles. The van der Waals surface area contributed by atoms with Gasteiger partial charge in [0.1, 0.15) is 0 Å². The zero-order chi connectivity index (χ0) is 23.4. The highest BCUT2D eigenvalue weighted by atomic mass is 35.5. The van der Waals surface area contributed by atoms with Gasteiger partial charge in [0.2, 0.25) is 5.91 Å². The fraction of sp³-hybridized carbons (Fsp3) is 0.360. The summed E-state index contributed by atoms with van der Waals surface area (Å²) in [6.07, 6.45) is 6.71. The number of carbonyl (C=O) groups excluding carboxylic acids is 1. The monoisotopic (exact) mass is 504 g/mol. The highest BCUT2D eigenvalue weighted by Gasteiger charge is 2.24. The number of aliphatic carboxylic acids is 1. The van der Waals surface area contributed by atoms with Crippen LogP contribution >= 0.6 is 35.0 Å². The number of hydrogen-bond acceptors (Lipinski definition) is 4. The van der Waals surface area contributed by atoms with Gasteiger partial charge in [-0.05, 0) is 61.6 Å². The molecule has 0 radical (unpaired) electrons. The van der Waals surface area contributed by atoms with Crippen LogP contribution in [0.1, 0.15) is 31.2 Å². The molecule has 1 N–H and O–H groups in total. The van der Waals surface area contributed by atoms with E-state index in [2.05, 4.69) is 11.0 Å². The zero-order valence-electron chi connectivity index (χ0n) is 18.2. The van der Waals surface area contributed by atoms with Crippen molar-refractivity contribution >= 4 is 58.6 Å². The van der Waals surface area contributed by atoms with Gasteiger partial charge in [-0.2, -0.15) is 0 Å². The fourth-order valence-corrected chi connectivity index (χ4v) is 5.69. The van der Waals surface area contributed by atoms with Crippen molar-refractivity contribution in [3.8, 4) is 0 Å². The first-order valence-corrected chi connectivity index (χ1v) is 12.7. The van der Waals surface area contributed by atoms with Crippen molar-refractivity contribution in [3.63, 3.8) is 0 Å². The molecule has 2 fully saturated rings. The maximum absolute atomic E-state index is 12.3. The minimum atomic E-state index is -0.704. The Kier molecular flexibility index (Phi) is 7.89. The van der Waals surface area contributed by atoms with E-state index < -0.39 is 5.97 Å². The summed E-state index contributed by atoms with van der Waals surface area (Å²) in [5.74, 6) is -0.954. The number of anilines is 1. The number of carboxylic acid groups (broad SMARTS) is 1. The lowest BCUT2D eigenvalue weighted by molar-refractivity contribution is -0.142. The molecule has 8 heteroatoms. The number of hydrogen-bond donors (Lipinski definition) is 1. The fourth-order valence-electron chi connectivity index (χ4n) is 4.21. The molecular weight excluding hydrogens is 479 g/mol. The van der Waals surface area contributed by atoms with Gasteiger partial charge >= 0.3 is 5.97 Å². The van der Waals surface area contributed by atoms with Crippen LogP contribution in [0.4, 0.5) is 5.69 Å². The summed E-state index contributed by atoms with van der Waals surface area (Å²) in [4.78, 5) is 29.4. The molecule has 2 aromatic carbocycles. The molecule has 2 aromatic rings. The van der Waals surface area contributed by atoms with Crippen LogP contribution in [0.25, 0.3) is 6.08 Å². The molecule has 1 amide bonds. The molecule has 4 rings (SSSR count). The maximum atomic E-state index is 12.3. The van der Waals surface area contributed by atoms with Crippen LogP contribution in [0.2, 0.25) is 10.0 Å². The lowest BCUT2D eigenvalue weighted by atomic mass is 9.97. The first-order chi connectivity index (χ1) is 15.9. The average Bonchev–Trinajstić information content (AvgIpc) is 3.37. The molecule has 33 heavy (non-hydrogen) atoms. The summed E-state index contributed by atoms with van der Waals surface area (Å²) in [5, 5.41) is 10.1. The molecule has 0 unspecified atom stereocenters. The normalized spacial score (nSPS) is 17.2. The molecule has 2 saturated heterocycles. The number of carbonyl (C=O) groups is 2. The quantitative estimate of drug-likeness (QED) is 0.482. The van der Waals surface area contributed by atoms with Gasteiger partial charge in [-0.3, -0.25) is 9.59 Å². The number of piperidine rings is 1. The van der Waals surface area contributed by atoms with Crippen LogP contribution in [0, 0.1) is 5.92 Å². The predicted octanol–water partition coefficient (Wildman–Crippen LogP) is 6.08. The van der Waals surface area contributed by atoms with Gasteiger partial charge in [0, 0.05) is 47.7 Å². The number of benzene rings is 2. The summed E-state index contributed by atoms with van der Waals surface area (Å²) >= 11 is 14.6. The summed E-state index contributed by atoms with van der Waals surface area (Å²) < 4.78 is 0. The van der Waals surface area contributed by atoms with E-state index in [0.717, 1.165) is 54.5 Å². The van der Waals surface area contributed by atoms with E-state index in [4.69, 9.17) is 23.2 Å². The van der Waals surface area contributed by atoms with Crippen LogP contribution in [0.5, 0.6) is 0 Å². The zero-order valence-corrected chi connectivity index (χ0v) is 20.5. The minimum absolute atomic E-state index is 0.00217. The predicted molar refractivity (Wildman–Crippen MR) is 134 cm³/mol.